The summed E-state index contributed by atoms with van der Waals surface area (Å²) in [7, 11) is 0. The Labute approximate surface area is 95.6 Å². The molecule has 1 amide bonds. The monoisotopic (exact) mass is 225 g/mol. The third-order valence-corrected chi connectivity index (χ3v) is 4.17. The summed E-state index contributed by atoms with van der Waals surface area (Å²) in [6, 6.07) is -0.151. The van der Waals surface area contributed by atoms with Gasteiger partial charge in [0.2, 0.25) is 5.91 Å². The van der Waals surface area contributed by atoms with Crippen molar-refractivity contribution in [1.29, 1.82) is 0 Å². The van der Waals surface area contributed by atoms with Gasteiger partial charge in [0.1, 0.15) is 0 Å². The average molecular weight is 225 g/mol. The fourth-order valence-electron chi connectivity index (χ4n) is 2.67. The zero-order chi connectivity index (χ0) is 12.1. The van der Waals surface area contributed by atoms with Crippen molar-refractivity contribution in [2.75, 3.05) is 6.54 Å². The molecule has 1 aliphatic carbocycles. The summed E-state index contributed by atoms with van der Waals surface area (Å²) in [6.45, 7) is 6.62. The highest BCUT2D eigenvalue weighted by atomic mass is 16.4. The summed E-state index contributed by atoms with van der Waals surface area (Å²) in [5.41, 5.74) is 0.123. The first kappa shape index (κ1) is 11.4. The SMILES string of the molecule is CC1C(C(=O)O)CCN1C(=O)C1CC1(C)C. The van der Waals surface area contributed by atoms with Crippen LogP contribution in [0.25, 0.3) is 0 Å². The Morgan fingerprint density at radius 3 is 2.31 bits per heavy atom. The number of likely N-dealkylation sites (tertiary alicyclic amines) is 1. The van der Waals surface area contributed by atoms with Crippen LogP contribution in [0.4, 0.5) is 0 Å². The van der Waals surface area contributed by atoms with E-state index in [-0.39, 0.29) is 29.2 Å². The van der Waals surface area contributed by atoms with Gasteiger partial charge < -0.3 is 10.0 Å². The predicted molar refractivity (Wildman–Crippen MR) is 58.8 cm³/mol. The van der Waals surface area contributed by atoms with E-state index in [1.807, 2.05) is 6.92 Å². The Kier molecular flexibility index (Phi) is 2.48. The minimum absolute atomic E-state index is 0.113. The molecule has 16 heavy (non-hydrogen) atoms. The molecular weight excluding hydrogens is 206 g/mol. The fraction of sp³-hybridized carbons (Fsp3) is 0.833. The number of hydrogen-bond donors (Lipinski definition) is 1. The Balaban J connectivity index is 2.02. The first-order chi connectivity index (χ1) is 7.34. The minimum Gasteiger partial charge on any atom is -0.481 e. The normalized spacial score (nSPS) is 36.2. The first-order valence-corrected chi connectivity index (χ1v) is 5.88. The van der Waals surface area contributed by atoms with Crippen LogP contribution in [0.1, 0.15) is 33.6 Å². The van der Waals surface area contributed by atoms with Crippen molar-refractivity contribution in [1.82, 2.24) is 4.90 Å². The molecule has 1 aliphatic heterocycles. The molecule has 0 aromatic heterocycles. The lowest BCUT2D eigenvalue weighted by Crippen LogP contribution is -2.39. The van der Waals surface area contributed by atoms with Gasteiger partial charge in [-0.2, -0.15) is 0 Å². The van der Waals surface area contributed by atoms with Crippen LogP contribution in [-0.4, -0.2) is 34.5 Å². The molecule has 3 atom stereocenters. The average Bonchev–Trinajstić information content (AvgIpc) is 2.64. The molecule has 3 unspecified atom stereocenters. The zero-order valence-corrected chi connectivity index (χ0v) is 10.1. The second-order valence-corrected chi connectivity index (χ2v) is 5.75. The van der Waals surface area contributed by atoms with Crippen molar-refractivity contribution in [2.24, 2.45) is 17.3 Å². The minimum atomic E-state index is -0.780. The van der Waals surface area contributed by atoms with Gasteiger partial charge >= 0.3 is 5.97 Å². The lowest BCUT2D eigenvalue weighted by molar-refractivity contribution is -0.143. The number of carbonyl (C=O) groups excluding carboxylic acids is 1. The lowest BCUT2D eigenvalue weighted by atomic mass is 10.0. The van der Waals surface area contributed by atoms with Crippen LogP contribution in [0.3, 0.4) is 0 Å². The summed E-state index contributed by atoms with van der Waals surface area (Å²) in [5.74, 6) is -0.896. The van der Waals surface area contributed by atoms with Gasteiger partial charge in [0.25, 0.3) is 0 Å². The molecular formula is C12H19NO3. The van der Waals surface area contributed by atoms with Gasteiger partial charge in [-0.25, -0.2) is 0 Å². The van der Waals surface area contributed by atoms with Crippen LogP contribution in [0.2, 0.25) is 0 Å². The van der Waals surface area contributed by atoms with Crippen molar-refractivity contribution < 1.29 is 14.7 Å². The molecule has 2 rings (SSSR count). The van der Waals surface area contributed by atoms with Crippen LogP contribution < -0.4 is 0 Å². The number of aliphatic carboxylic acids is 1. The summed E-state index contributed by atoms with van der Waals surface area (Å²) >= 11 is 0. The highest BCUT2D eigenvalue weighted by Crippen LogP contribution is 2.53. The third kappa shape index (κ3) is 1.70. The van der Waals surface area contributed by atoms with E-state index in [1.54, 1.807) is 4.90 Å². The quantitative estimate of drug-likeness (QED) is 0.771. The fourth-order valence-corrected chi connectivity index (χ4v) is 2.67. The summed E-state index contributed by atoms with van der Waals surface area (Å²) in [6.07, 6.45) is 1.53. The molecule has 1 N–H and O–H groups in total. The van der Waals surface area contributed by atoms with E-state index in [0.717, 1.165) is 6.42 Å². The molecule has 4 nitrogen and oxygen atoms in total. The molecule has 0 aromatic carbocycles. The standard InChI is InChI=1S/C12H19NO3/c1-7-8(11(15)16)4-5-13(7)10(14)9-6-12(9,2)3/h7-9H,4-6H2,1-3H3,(H,15,16). The molecule has 1 saturated heterocycles. The molecule has 0 spiro atoms. The van der Waals surface area contributed by atoms with Crippen LogP contribution in [0, 0.1) is 17.3 Å². The van der Waals surface area contributed by atoms with Crippen LogP contribution >= 0.6 is 0 Å². The Hall–Kier alpha value is -1.06. The summed E-state index contributed by atoms with van der Waals surface area (Å²) < 4.78 is 0. The topological polar surface area (TPSA) is 57.6 Å². The van der Waals surface area contributed by atoms with Crippen LogP contribution in [0.15, 0.2) is 0 Å². The van der Waals surface area contributed by atoms with Gasteiger partial charge in [-0.05, 0) is 25.2 Å². The Morgan fingerprint density at radius 2 is 1.94 bits per heavy atom. The molecule has 0 radical (unpaired) electrons. The van der Waals surface area contributed by atoms with Gasteiger partial charge in [0.05, 0.1) is 5.92 Å². The van der Waals surface area contributed by atoms with Gasteiger partial charge in [-0.15, -0.1) is 0 Å². The highest BCUT2D eigenvalue weighted by molar-refractivity contribution is 5.84. The maximum Gasteiger partial charge on any atom is 0.308 e. The molecule has 0 aromatic rings. The van der Waals surface area contributed by atoms with Crippen LogP contribution in [-0.2, 0) is 9.59 Å². The summed E-state index contributed by atoms with van der Waals surface area (Å²) in [4.78, 5) is 24.9. The Bertz CT molecular complexity index is 337. The molecule has 1 saturated carbocycles. The predicted octanol–water partition coefficient (Wildman–Crippen LogP) is 1.35. The van der Waals surface area contributed by atoms with E-state index in [9.17, 15) is 9.59 Å². The third-order valence-electron chi connectivity index (χ3n) is 4.17. The van der Waals surface area contributed by atoms with Gasteiger partial charge in [0.15, 0.2) is 0 Å². The molecule has 2 fully saturated rings. The maximum atomic E-state index is 12.1. The van der Waals surface area contributed by atoms with Crippen LogP contribution in [0.5, 0.6) is 0 Å². The van der Waals surface area contributed by atoms with Crippen molar-refractivity contribution in [3.8, 4) is 0 Å². The molecule has 0 bridgehead atoms. The second-order valence-electron chi connectivity index (χ2n) is 5.75. The molecule has 90 valence electrons. The largest absolute Gasteiger partial charge is 0.481 e. The van der Waals surface area contributed by atoms with Gasteiger partial charge in [-0.1, -0.05) is 13.8 Å². The molecule has 2 aliphatic rings. The van der Waals surface area contributed by atoms with Crippen molar-refractivity contribution in [2.45, 2.75) is 39.7 Å². The smallest absolute Gasteiger partial charge is 0.308 e. The van der Waals surface area contributed by atoms with E-state index in [1.165, 1.54) is 0 Å². The van der Waals surface area contributed by atoms with Gasteiger partial charge in [-0.3, -0.25) is 9.59 Å². The van der Waals surface area contributed by atoms with Crippen molar-refractivity contribution in [3.63, 3.8) is 0 Å². The number of carbonyl (C=O) groups is 2. The Morgan fingerprint density at radius 1 is 1.38 bits per heavy atom. The van der Waals surface area contributed by atoms with E-state index < -0.39 is 5.97 Å². The van der Waals surface area contributed by atoms with Crippen molar-refractivity contribution in [3.05, 3.63) is 0 Å². The van der Waals surface area contributed by atoms with E-state index in [0.29, 0.717) is 13.0 Å². The number of nitrogens with zero attached hydrogens (tertiary/aromatic N) is 1. The highest BCUT2D eigenvalue weighted by Gasteiger charge is 2.53. The first-order valence-electron chi connectivity index (χ1n) is 5.88. The molecule has 4 heteroatoms. The van der Waals surface area contributed by atoms with E-state index in [4.69, 9.17) is 5.11 Å². The lowest BCUT2D eigenvalue weighted by Gasteiger charge is -2.24. The zero-order valence-electron chi connectivity index (χ0n) is 10.1. The molecule has 1 heterocycles. The van der Waals surface area contributed by atoms with Gasteiger partial charge in [0, 0.05) is 18.5 Å². The summed E-state index contributed by atoms with van der Waals surface area (Å²) in [5, 5.41) is 9.00. The number of carboxylic acids is 1. The van der Waals surface area contributed by atoms with Crippen molar-refractivity contribution >= 4 is 11.9 Å². The van der Waals surface area contributed by atoms with E-state index in [2.05, 4.69) is 13.8 Å². The van der Waals surface area contributed by atoms with E-state index >= 15 is 0 Å². The number of carboxylic acid groups (broad SMARTS) is 1. The second kappa shape index (κ2) is 3.47. The number of rotatable bonds is 2. The number of amides is 1. The maximum absolute atomic E-state index is 12.1. The number of hydrogen-bond acceptors (Lipinski definition) is 2.